The van der Waals surface area contributed by atoms with Crippen LogP contribution in [0.5, 0.6) is 5.75 Å². The van der Waals surface area contributed by atoms with E-state index in [0.717, 1.165) is 25.1 Å². The first-order valence-electron chi connectivity index (χ1n) is 9.63. The summed E-state index contributed by atoms with van der Waals surface area (Å²) in [5, 5.41) is 3.26. The Balaban J connectivity index is 1.27. The molecule has 1 aromatic heterocycles. The zero-order valence-corrected chi connectivity index (χ0v) is 16.2. The number of hydrogen-bond donors (Lipinski definition) is 1. The fourth-order valence-electron chi connectivity index (χ4n) is 4.21. The Kier molecular flexibility index (Phi) is 5.67. The number of nitrogens with zero attached hydrogens (tertiary/aromatic N) is 2. The van der Waals surface area contributed by atoms with Crippen LogP contribution in [-0.4, -0.2) is 37.1 Å². The van der Waals surface area contributed by atoms with E-state index in [9.17, 15) is 9.18 Å². The molecule has 1 N–H and O–H groups in total. The maximum Gasteiger partial charge on any atom is 0.223 e. The molecule has 5 nitrogen and oxygen atoms in total. The van der Waals surface area contributed by atoms with Crippen LogP contribution in [-0.2, 0) is 4.79 Å². The molecule has 2 aliphatic rings. The molecule has 148 valence electrons. The molecule has 0 radical (unpaired) electrons. The van der Waals surface area contributed by atoms with Crippen LogP contribution >= 0.6 is 11.6 Å². The van der Waals surface area contributed by atoms with Gasteiger partial charge in [0.2, 0.25) is 5.91 Å². The van der Waals surface area contributed by atoms with Gasteiger partial charge in [0.15, 0.2) is 11.6 Å². The van der Waals surface area contributed by atoms with Crippen molar-refractivity contribution in [2.45, 2.75) is 12.8 Å². The number of pyridine rings is 1. The molecule has 0 bridgehead atoms. The number of nitrogens with one attached hydrogen (secondary N) is 1. The molecule has 0 unspecified atom stereocenters. The normalized spacial score (nSPS) is 23.5. The smallest absolute Gasteiger partial charge is 0.223 e. The number of hydrogen-bond acceptors (Lipinski definition) is 4. The zero-order valence-electron chi connectivity index (χ0n) is 15.5. The van der Waals surface area contributed by atoms with Crippen LogP contribution < -0.4 is 15.0 Å². The third-order valence-corrected chi connectivity index (χ3v) is 5.92. The second-order valence-electron chi connectivity index (χ2n) is 7.41. The molecular weight excluding hydrogens is 381 g/mol. The fraction of sp³-hybridized carbons (Fsp3) is 0.429. The molecule has 4 rings (SSSR count). The molecule has 2 aromatic rings. The Hall–Kier alpha value is -2.34. The van der Waals surface area contributed by atoms with Crippen molar-refractivity contribution in [1.29, 1.82) is 0 Å². The lowest BCUT2D eigenvalue weighted by Gasteiger charge is -2.50. The van der Waals surface area contributed by atoms with Crippen molar-refractivity contribution in [3.05, 3.63) is 53.4 Å². The van der Waals surface area contributed by atoms with E-state index in [2.05, 4.69) is 10.3 Å². The predicted octanol–water partition coefficient (Wildman–Crippen LogP) is 3.53. The first-order valence-corrected chi connectivity index (χ1v) is 10.0. The summed E-state index contributed by atoms with van der Waals surface area (Å²) in [6, 6.07) is 10.8. The van der Waals surface area contributed by atoms with E-state index >= 15 is 0 Å². The van der Waals surface area contributed by atoms with Crippen LogP contribution in [0.15, 0.2) is 42.6 Å². The van der Waals surface area contributed by atoms with Gasteiger partial charge in [-0.25, -0.2) is 9.37 Å². The molecular formula is C21H23ClFN3O2. The van der Waals surface area contributed by atoms with Gasteiger partial charge in [-0.2, -0.15) is 0 Å². The number of para-hydroxylation sites is 1. The molecule has 2 fully saturated rings. The van der Waals surface area contributed by atoms with Gasteiger partial charge in [0, 0.05) is 25.2 Å². The third-order valence-electron chi connectivity index (χ3n) is 5.72. The largest absolute Gasteiger partial charge is 0.492 e. The Morgan fingerprint density at radius 2 is 2.18 bits per heavy atom. The van der Waals surface area contributed by atoms with Gasteiger partial charge in [0.25, 0.3) is 0 Å². The van der Waals surface area contributed by atoms with Crippen molar-refractivity contribution in [1.82, 2.24) is 10.3 Å². The minimum absolute atomic E-state index is 0.0279. The van der Waals surface area contributed by atoms with E-state index in [1.54, 1.807) is 0 Å². The van der Waals surface area contributed by atoms with Crippen molar-refractivity contribution >= 4 is 23.3 Å². The van der Waals surface area contributed by atoms with Crippen LogP contribution in [0.4, 0.5) is 10.2 Å². The SMILES string of the molecule is O=C(NCCOc1ccccc1)[C@@H]1C[C@H]2CCN(c3ncc(Cl)cc3F)C[C@H]21. The Bertz CT molecular complexity index is 836. The average Bonchev–Trinajstić information content (AvgIpc) is 2.67. The highest BCUT2D eigenvalue weighted by Crippen LogP contribution is 2.46. The van der Waals surface area contributed by atoms with Crippen LogP contribution in [0.3, 0.4) is 0 Å². The lowest BCUT2D eigenvalue weighted by molar-refractivity contribution is -0.134. The highest BCUT2D eigenvalue weighted by atomic mass is 35.5. The molecule has 0 spiro atoms. The molecule has 1 amide bonds. The number of ether oxygens (including phenoxy) is 1. The molecule has 3 atom stereocenters. The number of aromatic nitrogens is 1. The Morgan fingerprint density at radius 1 is 1.36 bits per heavy atom. The molecule has 1 saturated carbocycles. The van der Waals surface area contributed by atoms with Gasteiger partial charge < -0.3 is 15.0 Å². The maximum atomic E-state index is 14.2. The highest BCUT2D eigenvalue weighted by molar-refractivity contribution is 6.30. The summed E-state index contributed by atoms with van der Waals surface area (Å²) >= 11 is 5.80. The molecule has 1 saturated heterocycles. The van der Waals surface area contributed by atoms with Crippen LogP contribution in [0.25, 0.3) is 0 Å². The van der Waals surface area contributed by atoms with Gasteiger partial charge in [-0.1, -0.05) is 29.8 Å². The average molecular weight is 404 g/mol. The van der Waals surface area contributed by atoms with Crippen LogP contribution in [0, 0.1) is 23.6 Å². The molecule has 7 heteroatoms. The van der Waals surface area contributed by atoms with Gasteiger partial charge in [0.1, 0.15) is 12.4 Å². The molecule has 1 aliphatic carbocycles. The lowest BCUT2D eigenvalue weighted by atomic mass is 9.61. The summed E-state index contributed by atoms with van der Waals surface area (Å²) in [4.78, 5) is 18.6. The highest BCUT2D eigenvalue weighted by Gasteiger charge is 2.47. The summed E-state index contributed by atoms with van der Waals surface area (Å²) in [6.45, 7) is 2.31. The predicted molar refractivity (Wildman–Crippen MR) is 106 cm³/mol. The number of fused-ring (bicyclic) bond motifs is 1. The number of amides is 1. The summed E-state index contributed by atoms with van der Waals surface area (Å²) in [5.41, 5.74) is 0. The fourth-order valence-corrected chi connectivity index (χ4v) is 4.35. The van der Waals surface area contributed by atoms with E-state index in [4.69, 9.17) is 16.3 Å². The number of carbonyl (C=O) groups excluding carboxylic acids is 1. The maximum absolute atomic E-state index is 14.2. The second kappa shape index (κ2) is 8.35. The van der Waals surface area contributed by atoms with E-state index in [1.807, 2.05) is 35.2 Å². The van der Waals surface area contributed by atoms with Gasteiger partial charge in [0.05, 0.1) is 11.6 Å². The minimum Gasteiger partial charge on any atom is -0.492 e. The van der Waals surface area contributed by atoms with E-state index in [1.165, 1.54) is 12.3 Å². The topological polar surface area (TPSA) is 54.5 Å². The molecule has 28 heavy (non-hydrogen) atoms. The Morgan fingerprint density at radius 3 is 2.96 bits per heavy atom. The number of benzene rings is 1. The van der Waals surface area contributed by atoms with E-state index < -0.39 is 5.82 Å². The summed E-state index contributed by atoms with van der Waals surface area (Å²) in [6.07, 6.45) is 3.32. The number of rotatable bonds is 6. The molecule has 1 aromatic carbocycles. The lowest BCUT2D eigenvalue weighted by Crippen LogP contribution is -2.55. The van der Waals surface area contributed by atoms with Crippen LogP contribution in [0.1, 0.15) is 12.8 Å². The minimum atomic E-state index is -0.413. The summed E-state index contributed by atoms with van der Waals surface area (Å²) in [5.74, 6) is 1.50. The monoisotopic (exact) mass is 403 g/mol. The van der Waals surface area contributed by atoms with Gasteiger partial charge in [-0.15, -0.1) is 0 Å². The zero-order chi connectivity index (χ0) is 19.5. The number of anilines is 1. The van der Waals surface area contributed by atoms with Crippen molar-refractivity contribution in [2.24, 2.45) is 17.8 Å². The first-order chi connectivity index (χ1) is 13.6. The first kappa shape index (κ1) is 19.0. The third kappa shape index (κ3) is 4.07. The van der Waals surface area contributed by atoms with Crippen molar-refractivity contribution in [2.75, 3.05) is 31.1 Å². The second-order valence-corrected chi connectivity index (χ2v) is 7.85. The van der Waals surface area contributed by atoms with E-state index in [0.29, 0.717) is 31.4 Å². The summed E-state index contributed by atoms with van der Waals surface area (Å²) in [7, 11) is 0. The van der Waals surface area contributed by atoms with Gasteiger partial charge in [-0.3, -0.25) is 4.79 Å². The number of halogens is 2. The Labute approximate surface area is 168 Å². The molecule has 1 aliphatic heterocycles. The van der Waals surface area contributed by atoms with Gasteiger partial charge >= 0.3 is 0 Å². The quantitative estimate of drug-likeness (QED) is 0.750. The van der Waals surface area contributed by atoms with Crippen molar-refractivity contribution < 1.29 is 13.9 Å². The summed E-state index contributed by atoms with van der Waals surface area (Å²) < 4.78 is 19.8. The van der Waals surface area contributed by atoms with Crippen LogP contribution in [0.2, 0.25) is 5.02 Å². The van der Waals surface area contributed by atoms with Crippen molar-refractivity contribution in [3.8, 4) is 5.75 Å². The molecule has 2 heterocycles. The number of piperidine rings is 1. The van der Waals surface area contributed by atoms with Gasteiger partial charge in [-0.05, 0) is 42.9 Å². The van der Waals surface area contributed by atoms with E-state index in [-0.39, 0.29) is 22.8 Å². The number of carbonyl (C=O) groups is 1. The standard InChI is InChI=1S/C21H23ClFN3O2/c22-15-11-19(23)20(25-12-15)26-8-6-14-10-17(18(14)13-26)21(27)24-7-9-28-16-4-2-1-3-5-16/h1-5,11-12,14,17-18H,6-10,13H2,(H,24,27)/t14-,17-,18-/m1/s1. The van der Waals surface area contributed by atoms with Crippen molar-refractivity contribution in [3.63, 3.8) is 0 Å².